The van der Waals surface area contributed by atoms with Gasteiger partial charge in [-0.3, -0.25) is 9.59 Å². The van der Waals surface area contributed by atoms with Gasteiger partial charge in [0.1, 0.15) is 24.0 Å². The Kier molecular flexibility index (Phi) is 7.49. The molecular weight excluding hydrogens is 466 g/mol. The number of aromatic amines is 1. The highest BCUT2D eigenvalue weighted by Crippen LogP contribution is 2.28. The highest BCUT2D eigenvalue weighted by atomic mass is 32.2. The van der Waals surface area contributed by atoms with E-state index in [0.29, 0.717) is 5.75 Å². The third-order valence-electron chi connectivity index (χ3n) is 6.20. The number of thioether (sulfide) groups is 1. The third-order valence-corrected chi connectivity index (χ3v) is 7.10. The molecule has 3 aromatic rings. The van der Waals surface area contributed by atoms with Crippen molar-refractivity contribution >= 4 is 34.5 Å². The van der Waals surface area contributed by atoms with E-state index in [2.05, 4.69) is 10.3 Å². The molecule has 0 fully saturated rings. The number of nitrogens with two attached hydrogens (primary N) is 1. The summed E-state index contributed by atoms with van der Waals surface area (Å²) in [6, 6.07) is 12.2. The van der Waals surface area contributed by atoms with E-state index in [4.69, 9.17) is 10.5 Å². The summed E-state index contributed by atoms with van der Waals surface area (Å²) in [4.78, 5) is 29.4. The number of para-hydroxylation sites is 1. The lowest BCUT2D eigenvalue weighted by Crippen LogP contribution is -2.49. The molecule has 6 N–H and O–H groups in total. The van der Waals surface area contributed by atoms with Gasteiger partial charge >= 0.3 is 0 Å². The van der Waals surface area contributed by atoms with Crippen LogP contribution in [-0.2, 0) is 16.0 Å². The van der Waals surface area contributed by atoms with Gasteiger partial charge in [-0.05, 0) is 54.6 Å². The maximum atomic E-state index is 13.0. The lowest BCUT2D eigenvalue weighted by molar-refractivity contribution is -0.126. The molecule has 2 aromatic carbocycles. The van der Waals surface area contributed by atoms with E-state index in [-0.39, 0.29) is 18.4 Å². The molecule has 184 valence electrons. The summed E-state index contributed by atoms with van der Waals surface area (Å²) in [6.07, 6.45) is 2.08. The molecule has 8 nitrogen and oxygen atoms in total. The topological polar surface area (TPSA) is 138 Å². The normalized spacial score (nSPS) is 20.8. The van der Waals surface area contributed by atoms with Gasteiger partial charge in [0.15, 0.2) is 0 Å². The van der Waals surface area contributed by atoms with E-state index in [1.54, 1.807) is 24.0 Å². The first-order chi connectivity index (χ1) is 16.8. The van der Waals surface area contributed by atoms with Gasteiger partial charge in [-0.25, -0.2) is 0 Å². The Labute approximate surface area is 207 Å². The quantitative estimate of drug-likeness (QED) is 0.304. The molecule has 35 heavy (non-hydrogen) atoms. The van der Waals surface area contributed by atoms with Crippen LogP contribution < -0.4 is 15.8 Å². The number of hydrogen-bond acceptors (Lipinski definition) is 6. The predicted molar refractivity (Wildman–Crippen MR) is 135 cm³/mol. The Morgan fingerprint density at radius 3 is 2.74 bits per heavy atom. The van der Waals surface area contributed by atoms with Crippen LogP contribution in [0.4, 0.5) is 0 Å². The van der Waals surface area contributed by atoms with Crippen molar-refractivity contribution in [3.05, 3.63) is 71.4 Å². The summed E-state index contributed by atoms with van der Waals surface area (Å²) in [5.41, 5.74) is 8.60. The zero-order valence-electron chi connectivity index (χ0n) is 19.5. The molecule has 9 heteroatoms. The molecule has 0 spiro atoms. The molecule has 0 saturated heterocycles. The fourth-order valence-electron chi connectivity index (χ4n) is 4.28. The van der Waals surface area contributed by atoms with Crippen molar-refractivity contribution in [3.8, 4) is 5.75 Å². The van der Waals surface area contributed by atoms with Crippen molar-refractivity contribution in [1.82, 2.24) is 10.3 Å². The molecule has 1 aliphatic carbocycles. The first-order valence-corrected chi connectivity index (χ1v) is 12.5. The van der Waals surface area contributed by atoms with Gasteiger partial charge in [0.05, 0.1) is 6.10 Å². The minimum atomic E-state index is -1.20. The number of carbonyl (C=O) groups is 2. The van der Waals surface area contributed by atoms with Crippen molar-refractivity contribution < 1.29 is 24.5 Å². The average Bonchev–Trinajstić information content (AvgIpc) is 3.24. The summed E-state index contributed by atoms with van der Waals surface area (Å²) >= 11 is 1.62. The van der Waals surface area contributed by atoms with Crippen molar-refractivity contribution in [2.24, 2.45) is 5.73 Å². The number of nitrogens with one attached hydrogen (secondary N) is 2. The fraction of sp³-hybridized carbons (Fsp3) is 0.308. The van der Waals surface area contributed by atoms with Crippen LogP contribution in [0.1, 0.15) is 17.5 Å². The minimum Gasteiger partial charge on any atom is -0.484 e. The third kappa shape index (κ3) is 5.53. The zero-order valence-corrected chi connectivity index (χ0v) is 20.3. The smallest absolute Gasteiger partial charge is 0.247 e. The van der Waals surface area contributed by atoms with E-state index in [1.165, 1.54) is 6.08 Å². The van der Waals surface area contributed by atoms with Gasteiger partial charge < -0.3 is 31.0 Å². The van der Waals surface area contributed by atoms with Gasteiger partial charge in [0, 0.05) is 40.4 Å². The van der Waals surface area contributed by atoms with Crippen LogP contribution >= 0.6 is 11.8 Å². The number of fused-ring (bicyclic) bond motifs is 1. The summed E-state index contributed by atoms with van der Waals surface area (Å²) in [7, 11) is 0. The Bertz CT molecular complexity index is 1270. The van der Waals surface area contributed by atoms with Crippen molar-refractivity contribution in [2.45, 2.75) is 49.0 Å². The fourth-order valence-corrected chi connectivity index (χ4v) is 4.86. The van der Waals surface area contributed by atoms with Crippen LogP contribution in [0.3, 0.4) is 0 Å². The Morgan fingerprint density at radius 2 is 2.03 bits per heavy atom. The molecule has 0 radical (unpaired) electrons. The molecule has 1 aliphatic rings. The van der Waals surface area contributed by atoms with E-state index in [9.17, 15) is 19.8 Å². The molecule has 4 atom stereocenters. The molecule has 1 aromatic heterocycles. The van der Waals surface area contributed by atoms with E-state index >= 15 is 0 Å². The summed E-state index contributed by atoms with van der Waals surface area (Å²) < 4.78 is 5.91. The number of aryl methyl sites for hydroxylation is 1. The van der Waals surface area contributed by atoms with Gasteiger partial charge in [-0.2, -0.15) is 0 Å². The van der Waals surface area contributed by atoms with Crippen LogP contribution in [0.2, 0.25) is 0 Å². The van der Waals surface area contributed by atoms with Crippen molar-refractivity contribution in [2.75, 3.05) is 6.26 Å². The summed E-state index contributed by atoms with van der Waals surface area (Å²) in [6.45, 7) is 1.96. The second kappa shape index (κ2) is 10.6. The number of aromatic nitrogens is 1. The minimum absolute atomic E-state index is 0.0735. The molecule has 2 amide bonds. The highest BCUT2D eigenvalue weighted by molar-refractivity contribution is 7.98. The first kappa shape index (κ1) is 24.8. The number of ether oxygens (including phenoxy) is 1. The number of H-pyrrole nitrogens is 1. The zero-order chi connectivity index (χ0) is 25.1. The van der Waals surface area contributed by atoms with Crippen molar-refractivity contribution in [3.63, 3.8) is 0 Å². The summed E-state index contributed by atoms with van der Waals surface area (Å²) in [5, 5.41) is 24.5. The number of aliphatic hydroxyl groups excluding tert-OH is 2. The Balaban J connectivity index is 1.51. The Hall–Kier alpha value is -3.27. The molecule has 0 saturated carbocycles. The lowest BCUT2D eigenvalue weighted by Gasteiger charge is -2.31. The number of carbonyl (C=O) groups excluding carboxylic acids is 2. The van der Waals surface area contributed by atoms with Crippen LogP contribution in [0.5, 0.6) is 5.75 Å². The molecular formula is C26H29N3O5S. The van der Waals surface area contributed by atoms with Gasteiger partial charge in [0.2, 0.25) is 11.8 Å². The van der Waals surface area contributed by atoms with Gasteiger partial charge in [-0.1, -0.05) is 18.2 Å². The van der Waals surface area contributed by atoms with E-state index in [1.807, 2.05) is 49.6 Å². The number of primary amides is 1. The highest BCUT2D eigenvalue weighted by Gasteiger charge is 2.35. The lowest BCUT2D eigenvalue weighted by atomic mass is 9.91. The maximum absolute atomic E-state index is 13.0. The van der Waals surface area contributed by atoms with E-state index < -0.39 is 36.2 Å². The monoisotopic (exact) mass is 495 g/mol. The Morgan fingerprint density at radius 1 is 1.26 bits per heavy atom. The number of aliphatic hydroxyl groups is 2. The standard InChI is InChI=1S/C26H29N3O5S/c1-14-9-17(7-8-23(14)35-2)34-22-12-15(11-21(30)24(22)31)26(33)29-20(25(27)32)10-16-13-28-19-6-4-3-5-18(16)19/h3-9,12-13,20-22,24,28,30-31H,10-11H2,1-2H3,(H2,27,32)(H,29,33). The van der Waals surface area contributed by atoms with Crippen LogP contribution in [0.25, 0.3) is 10.9 Å². The van der Waals surface area contributed by atoms with Crippen LogP contribution in [0, 0.1) is 6.92 Å². The molecule has 0 aliphatic heterocycles. The molecule has 4 rings (SSSR count). The maximum Gasteiger partial charge on any atom is 0.247 e. The average molecular weight is 496 g/mol. The van der Waals surface area contributed by atoms with Crippen LogP contribution in [-0.4, -0.2) is 57.6 Å². The number of rotatable bonds is 8. The number of amides is 2. The molecule has 1 heterocycles. The van der Waals surface area contributed by atoms with Gasteiger partial charge in [0.25, 0.3) is 0 Å². The SMILES string of the molecule is CSc1ccc(OC2C=C(C(=O)NC(Cc3c[nH]c4ccccc34)C(N)=O)CC(O)C2O)cc1C. The largest absolute Gasteiger partial charge is 0.484 e. The second-order valence-electron chi connectivity index (χ2n) is 8.66. The number of benzene rings is 2. The van der Waals surface area contributed by atoms with Crippen LogP contribution in [0.15, 0.2) is 65.2 Å². The summed E-state index contributed by atoms with van der Waals surface area (Å²) in [5.74, 6) is -0.691. The predicted octanol–water partition coefficient (Wildman–Crippen LogP) is 2.21. The van der Waals surface area contributed by atoms with E-state index in [0.717, 1.165) is 26.9 Å². The van der Waals surface area contributed by atoms with Gasteiger partial charge in [-0.15, -0.1) is 11.8 Å². The molecule has 4 unspecified atom stereocenters. The van der Waals surface area contributed by atoms with Crippen molar-refractivity contribution in [1.29, 1.82) is 0 Å². The first-order valence-electron chi connectivity index (χ1n) is 11.3. The molecule has 0 bridgehead atoms. The number of hydrogen-bond donors (Lipinski definition) is 5. The second-order valence-corrected chi connectivity index (χ2v) is 9.51.